The van der Waals surface area contributed by atoms with Crippen LogP contribution in [0.2, 0.25) is 0 Å². The van der Waals surface area contributed by atoms with Gasteiger partial charge in [-0.1, -0.05) is 37.6 Å². The SMILES string of the molecule is CCCCOC(=O)N1CCN(C(=O)[C@@H](N)Cc2ccc(CP(=O)(OCC)OCC)cc2)CC1. The third-order valence-electron chi connectivity index (χ3n) is 5.40. The van der Waals surface area contributed by atoms with Crippen LogP contribution < -0.4 is 5.73 Å². The number of piperazine rings is 1. The van der Waals surface area contributed by atoms with Crippen molar-refractivity contribution in [1.82, 2.24) is 9.80 Å². The van der Waals surface area contributed by atoms with Crippen LogP contribution in [-0.4, -0.2) is 73.8 Å². The van der Waals surface area contributed by atoms with Crippen molar-refractivity contribution in [3.63, 3.8) is 0 Å². The lowest BCUT2D eigenvalue weighted by Crippen LogP contribution is -2.54. The number of nitrogens with two attached hydrogens (primary N) is 1. The minimum Gasteiger partial charge on any atom is -0.449 e. The zero-order valence-corrected chi connectivity index (χ0v) is 20.9. The average molecular weight is 484 g/mol. The van der Waals surface area contributed by atoms with Crippen LogP contribution in [0.15, 0.2) is 24.3 Å². The summed E-state index contributed by atoms with van der Waals surface area (Å²) in [6.45, 7) is 8.44. The minimum absolute atomic E-state index is 0.129. The number of carbonyl (C=O) groups excluding carboxylic acids is 2. The maximum absolute atomic E-state index is 12.8. The van der Waals surface area contributed by atoms with E-state index in [9.17, 15) is 14.2 Å². The van der Waals surface area contributed by atoms with Gasteiger partial charge in [-0.2, -0.15) is 0 Å². The predicted octanol–water partition coefficient (Wildman–Crippen LogP) is 3.40. The Kier molecular flexibility index (Phi) is 11.3. The molecule has 9 nitrogen and oxygen atoms in total. The van der Waals surface area contributed by atoms with Crippen LogP contribution in [0.1, 0.15) is 44.7 Å². The fraction of sp³-hybridized carbons (Fsp3) is 0.652. The molecule has 0 aliphatic carbocycles. The summed E-state index contributed by atoms with van der Waals surface area (Å²) < 4.78 is 28.6. The first-order valence-electron chi connectivity index (χ1n) is 11.7. The average Bonchev–Trinajstić information content (AvgIpc) is 2.80. The van der Waals surface area contributed by atoms with Gasteiger partial charge in [0.25, 0.3) is 0 Å². The highest BCUT2D eigenvalue weighted by Gasteiger charge is 2.28. The van der Waals surface area contributed by atoms with E-state index in [4.69, 9.17) is 19.5 Å². The van der Waals surface area contributed by atoms with Crippen molar-refractivity contribution in [3.8, 4) is 0 Å². The summed E-state index contributed by atoms with van der Waals surface area (Å²) in [5.74, 6) is -0.129. The number of rotatable bonds is 12. The Morgan fingerprint density at radius 1 is 0.970 bits per heavy atom. The second kappa shape index (κ2) is 13.7. The van der Waals surface area contributed by atoms with Crippen molar-refractivity contribution in [2.45, 2.75) is 52.2 Å². The van der Waals surface area contributed by atoms with Crippen LogP contribution in [0.5, 0.6) is 0 Å². The topological polar surface area (TPSA) is 111 Å². The van der Waals surface area contributed by atoms with E-state index in [1.54, 1.807) is 23.6 Å². The molecule has 0 bridgehead atoms. The molecule has 1 fully saturated rings. The van der Waals surface area contributed by atoms with E-state index in [2.05, 4.69) is 0 Å². The molecule has 0 radical (unpaired) electrons. The lowest BCUT2D eigenvalue weighted by Gasteiger charge is -2.35. The molecule has 2 N–H and O–H groups in total. The van der Waals surface area contributed by atoms with Crippen LogP contribution in [-0.2, 0) is 35.7 Å². The molecular weight excluding hydrogens is 445 g/mol. The number of hydrogen-bond acceptors (Lipinski definition) is 7. The van der Waals surface area contributed by atoms with Gasteiger partial charge < -0.3 is 29.3 Å². The van der Waals surface area contributed by atoms with E-state index in [1.165, 1.54) is 0 Å². The van der Waals surface area contributed by atoms with E-state index in [0.29, 0.717) is 52.4 Å². The molecule has 1 aliphatic heterocycles. The summed E-state index contributed by atoms with van der Waals surface area (Å²) in [6, 6.07) is 6.82. The van der Waals surface area contributed by atoms with Gasteiger partial charge in [0.05, 0.1) is 32.0 Å². The Hall–Kier alpha value is -1.93. The second-order valence-corrected chi connectivity index (χ2v) is 10.1. The highest BCUT2D eigenvalue weighted by molar-refractivity contribution is 7.53. The van der Waals surface area contributed by atoms with Crippen molar-refractivity contribution in [3.05, 3.63) is 35.4 Å². The summed E-state index contributed by atoms with van der Waals surface area (Å²) in [4.78, 5) is 28.2. The summed E-state index contributed by atoms with van der Waals surface area (Å²) in [7, 11) is -3.16. The molecule has 1 atom stereocenters. The first-order valence-corrected chi connectivity index (χ1v) is 13.5. The Morgan fingerprint density at radius 3 is 2.06 bits per heavy atom. The molecule has 1 heterocycles. The first kappa shape index (κ1) is 27.3. The molecule has 1 aromatic carbocycles. The lowest BCUT2D eigenvalue weighted by molar-refractivity contribution is -0.134. The van der Waals surface area contributed by atoms with Crippen molar-refractivity contribution in [1.29, 1.82) is 0 Å². The van der Waals surface area contributed by atoms with E-state index < -0.39 is 13.6 Å². The van der Waals surface area contributed by atoms with E-state index >= 15 is 0 Å². The number of nitrogens with zero attached hydrogens (tertiary/aromatic N) is 2. The number of unbranched alkanes of at least 4 members (excludes halogenated alkanes) is 1. The van der Waals surface area contributed by atoms with Crippen LogP contribution in [0.25, 0.3) is 0 Å². The molecule has 1 saturated heterocycles. The normalized spacial score (nSPS) is 15.4. The van der Waals surface area contributed by atoms with Gasteiger partial charge in [0, 0.05) is 26.2 Å². The molecule has 2 rings (SSSR count). The van der Waals surface area contributed by atoms with E-state index in [0.717, 1.165) is 24.0 Å². The number of amides is 2. The monoisotopic (exact) mass is 483 g/mol. The zero-order valence-electron chi connectivity index (χ0n) is 20.0. The minimum atomic E-state index is -3.16. The van der Waals surface area contributed by atoms with Crippen molar-refractivity contribution in [2.24, 2.45) is 5.73 Å². The van der Waals surface area contributed by atoms with Gasteiger partial charge >= 0.3 is 13.7 Å². The highest BCUT2D eigenvalue weighted by Crippen LogP contribution is 2.51. The molecule has 1 aliphatic rings. The van der Waals surface area contributed by atoms with Crippen molar-refractivity contribution in [2.75, 3.05) is 46.0 Å². The Bertz CT molecular complexity index is 786. The lowest BCUT2D eigenvalue weighted by atomic mass is 10.0. The Morgan fingerprint density at radius 2 is 1.52 bits per heavy atom. The van der Waals surface area contributed by atoms with Crippen molar-refractivity contribution < 1.29 is 27.9 Å². The third-order valence-corrected chi connectivity index (χ3v) is 7.45. The van der Waals surface area contributed by atoms with Gasteiger partial charge in [0.15, 0.2) is 0 Å². The quantitative estimate of drug-likeness (QED) is 0.358. The molecule has 1 aromatic rings. The second-order valence-electron chi connectivity index (χ2n) is 8.01. The molecule has 10 heteroatoms. The predicted molar refractivity (Wildman–Crippen MR) is 127 cm³/mol. The Labute approximate surface area is 197 Å². The maximum Gasteiger partial charge on any atom is 0.409 e. The van der Waals surface area contributed by atoms with Gasteiger partial charge in [-0.3, -0.25) is 9.36 Å². The fourth-order valence-corrected chi connectivity index (χ4v) is 5.31. The van der Waals surface area contributed by atoms with E-state index in [-0.39, 0.29) is 18.2 Å². The van der Waals surface area contributed by atoms with E-state index in [1.807, 2.05) is 31.2 Å². The number of carbonyl (C=O) groups is 2. The highest BCUT2D eigenvalue weighted by atomic mass is 31.2. The molecule has 186 valence electrons. The van der Waals surface area contributed by atoms with Crippen LogP contribution in [0.4, 0.5) is 4.79 Å². The third kappa shape index (κ3) is 8.74. The smallest absolute Gasteiger partial charge is 0.409 e. The van der Waals surface area contributed by atoms with Gasteiger partial charge in [0.2, 0.25) is 5.91 Å². The van der Waals surface area contributed by atoms with Crippen LogP contribution >= 0.6 is 7.60 Å². The molecular formula is C23H38N3O6P. The summed E-state index contributed by atoms with van der Waals surface area (Å²) >= 11 is 0. The number of benzene rings is 1. The largest absolute Gasteiger partial charge is 0.449 e. The summed E-state index contributed by atoms with van der Waals surface area (Å²) in [5, 5.41) is 0. The van der Waals surface area contributed by atoms with Crippen LogP contribution in [0, 0.1) is 0 Å². The standard InChI is InChI=1S/C23H38N3O6P/c1-4-7-16-30-23(28)26-14-12-25(13-15-26)22(27)21(24)17-19-8-10-20(11-9-19)18-33(29,31-5-2)32-6-3/h8-11,21H,4-7,12-18,24H2,1-3H3/t21-/m0/s1. The summed E-state index contributed by atoms with van der Waals surface area (Å²) in [5.41, 5.74) is 7.95. The molecule has 0 unspecified atom stereocenters. The maximum atomic E-state index is 12.8. The molecule has 33 heavy (non-hydrogen) atoms. The fourth-order valence-electron chi connectivity index (χ4n) is 3.61. The molecule has 2 amide bonds. The number of ether oxygens (including phenoxy) is 1. The Balaban J connectivity index is 1.83. The van der Waals surface area contributed by atoms with Gasteiger partial charge in [-0.15, -0.1) is 0 Å². The van der Waals surface area contributed by atoms with Crippen LogP contribution in [0.3, 0.4) is 0 Å². The summed E-state index contributed by atoms with van der Waals surface area (Å²) in [6.07, 6.45) is 2.09. The molecule has 0 spiro atoms. The zero-order chi connectivity index (χ0) is 24.3. The van der Waals surface area contributed by atoms with Gasteiger partial charge in [0.1, 0.15) is 0 Å². The van der Waals surface area contributed by atoms with Gasteiger partial charge in [-0.05, 0) is 37.8 Å². The van der Waals surface area contributed by atoms with Crippen molar-refractivity contribution >= 4 is 19.6 Å². The number of hydrogen-bond donors (Lipinski definition) is 1. The molecule has 0 aromatic heterocycles. The first-order chi connectivity index (χ1) is 15.8. The van der Waals surface area contributed by atoms with Gasteiger partial charge in [-0.25, -0.2) is 4.79 Å². The molecule has 0 saturated carbocycles.